The van der Waals surface area contributed by atoms with Crippen LogP contribution in [0, 0.1) is 11.3 Å². The van der Waals surface area contributed by atoms with Crippen LogP contribution in [0.25, 0.3) is 0 Å². The van der Waals surface area contributed by atoms with Crippen LogP contribution in [0.4, 0.5) is 0 Å². The first-order valence-corrected chi connectivity index (χ1v) is 4.62. The number of Topliss-reactive ketones (excluding diaryl/α,β-unsaturated/α-hetero) is 1. The van der Waals surface area contributed by atoms with Crippen molar-refractivity contribution in [1.82, 2.24) is 0 Å². The van der Waals surface area contributed by atoms with Crippen molar-refractivity contribution in [3.05, 3.63) is 11.3 Å². The third kappa shape index (κ3) is 3.21. The minimum absolute atomic E-state index is 0.0208. The summed E-state index contributed by atoms with van der Waals surface area (Å²) in [4.78, 5) is 11.5. The minimum atomic E-state index is -0.339. The second-order valence-electron chi connectivity index (χ2n) is 4.74. The van der Waals surface area contributed by atoms with Gasteiger partial charge in [-0.3, -0.25) is 4.79 Å². The van der Waals surface area contributed by atoms with Crippen molar-refractivity contribution < 1.29 is 9.90 Å². The molecule has 0 unspecified atom stereocenters. The second-order valence-corrected chi connectivity index (χ2v) is 4.74. The van der Waals surface area contributed by atoms with E-state index in [4.69, 9.17) is 0 Å². The molecule has 0 aliphatic rings. The molecule has 0 fully saturated rings. The highest BCUT2D eigenvalue weighted by Crippen LogP contribution is 2.26. The molecule has 0 radical (unpaired) electrons. The van der Waals surface area contributed by atoms with E-state index in [1.54, 1.807) is 6.92 Å². The number of aliphatic hydroxyl groups is 1. The first kappa shape index (κ1) is 12.2. The third-order valence-electron chi connectivity index (χ3n) is 1.96. The molecule has 0 rings (SSSR count). The average molecular weight is 184 g/mol. The van der Waals surface area contributed by atoms with Crippen molar-refractivity contribution in [1.29, 1.82) is 0 Å². The van der Waals surface area contributed by atoms with Crippen LogP contribution in [-0.2, 0) is 4.79 Å². The lowest BCUT2D eigenvalue weighted by molar-refractivity contribution is -0.118. The van der Waals surface area contributed by atoms with Crippen LogP contribution in [0.2, 0.25) is 0 Å². The predicted molar refractivity (Wildman–Crippen MR) is 54.6 cm³/mol. The molecule has 0 bridgehead atoms. The van der Waals surface area contributed by atoms with E-state index in [0.717, 1.165) is 0 Å². The summed E-state index contributed by atoms with van der Waals surface area (Å²) in [6.07, 6.45) is 0. The zero-order valence-corrected chi connectivity index (χ0v) is 9.43. The Hall–Kier alpha value is -0.790. The molecule has 0 saturated heterocycles. The molecule has 0 aromatic heterocycles. The maximum atomic E-state index is 11.5. The highest BCUT2D eigenvalue weighted by atomic mass is 16.3. The zero-order chi connectivity index (χ0) is 10.8. The fourth-order valence-electron chi connectivity index (χ4n) is 1.11. The van der Waals surface area contributed by atoms with Gasteiger partial charge in [0.25, 0.3) is 0 Å². The number of ketones is 1. The molecule has 2 heteroatoms. The Labute approximate surface area is 80.7 Å². The highest BCUT2D eigenvalue weighted by Gasteiger charge is 2.22. The van der Waals surface area contributed by atoms with Gasteiger partial charge >= 0.3 is 0 Å². The number of hydrogen-bond acceptors (Lipinski definition) is 2. The maximum absolute atomic E-state index is 11.5. The molecule has 0 spiro atoms. The Morgan fingerprint density at radius 2 is 1.62 bits per heavy atom. The van der Waals surface area contributed by atoms with Crippen LogP contribution in [0.5, 0.6) is 0 Å². The van der Waals surface area contributed by atoms with E-state index in [1.807, 2.05) is 34.6 Å². The summed E-state index contributed by atoms with van der Waals surface area (Å²) in [6, 6.07) is 0. The van der Waals surface area contributed by atoms with Gasteiger partial charge in [0.2, 0.25) is 0 Å². The first-order chi connectivity index (χ1) is 5.68. The Morgan fingerprint density at radius 1 is 1.23 bits per heavy atom. The van der Waals surface area contributed by atoms with Crippen LogP contribution in [0.1, 0.15) is 41.5 Å². The van der Waals surface area contributed by atoms with Gasteiger partial charge in [-0.25, -0.2) is 0 Å². The van der Waals surface area contributed by atoms with E-state index in [1.165, 1.54) is 0 Å². The molecule has 0 aliphatic heterocycles. The van der Waals surface area contributed by atoms with Gasteiger partial charge in [-0.05, 0) is 6.92 Å². The van der Waals surface area contributed by atoms with Crippen LogP contribution in [0.3, 0.4) is 0 Å². The summed E-state index contributed by atoms with van der Waals surface area (Å²) in [6.45, 7) is 11.0. The molecule has 0 saturated carbocycles. The molecule has 0 aliphatic carbocycles. The fraction of sp³-hybridized carbons (Fsp3) is 0.727. The van der Waals surface area contributed by atoms with Gasteiger partial charge < -0.3 is 5.11 Å². The van der Waals surface area contributed by atoms with Gasteiger partial charge in [0, 0.05) is 16.9 Å². The van der Waals surface area contributed by atoms with Crippen molar-refractivity contribution >= 4 is 5.78 Å². The molecule has 0 amide bonds. The van der Waals surface area contributed by atoms with Gasteiger partial charge in [-0.2, -0.15) is 0 Å². The Balaban J connectivity index is 4.94. The standard InChI is InChI=1S/C11H20O2/c1-7(2)9(12)8(3)10(13)11(4,5)6/h7,13H,1-6H3. The normalized spacial score (nSPS) is 14.4. The molecule has 76 valence electrons. The monoisotopic (exact) mass is 184 g/mol. The van der Waals surface area contributed by atoms with E-state index in [9.17, 15) is 9.90 Å². The van der Waals surface area contributed by atoms with Crippen LogP contribution < -0.4 is 0 Å². The molecular weight excluding hydrogens is 164 g/mol. The van der Waals surface area contributed by atoms with Crippen LogP contribution >= 0.6 is 0 Å². The molecule has 0 aromatic rings. The summed E-state index contributed by atoms with van der Waals surface area (Å²) in [5.41, 5.74) is 0.150. The van der Waals surface area contributed by atoms with E-state index in [2.05, 4.69) is 0 Å². The maximum Gasteiger partial charge on any atom is 0.164 e. The first-order valence-electron chi connectivity index (χ1n) is 4.62. The van der Waals surface area contributed by atoms with Crippen molar-refractivity contribution in [2.45, 2.75) is 41.5 Å². The van der Waals surface area contributed by atoms with Crippen molar-refractivity contribution in [2.24, 2.45) is 11.3 Å². The summed E-state index contributed by atoms with van der Waals surface area (Å²) in [5.74, 6) is 0.170. The third-order valence-corrected chi connectivity index (χ3v) is 1.96. The van der Waals surface area contributed by atoms with Gasteiger partial charge in [0.05, 0.1) is 0 Å². The summed E-state index contributed by atoms with van der Waals surface area (Å²) in [5, 5.41) is 9.73. The number of carbonyl (C=O) groups is 1. The highest BCUT2D eigenvalue weighted by molar-refractivity contribution is 5.96. The SMILES string of the molecule is CC(C(=O)C(C)C)=C(O)C(C)(C)C. The topological polar surface area (TPSA) is 37.3 Å². The molecule has 0 heterocycles. The van der Waals surface area contributed by atoms with Gasteiger partial charge in [0.1, 0.15) is 5.76 Å². The molecule has 0 aromatic carbocycles. The fourth-order valence-corrected chi connectivity index (χ4v) is 1.11. The summed E-state index contributed by atoms with van der Waals surface area (Å²) < 4.78 is 0. The quantitative estimate of drug-likeness (QED) is 0.529. The largest absolute Gasteiger partial charge is 0.511 e. The Kier molecular flexibility index (Phi) is 3.71. The summed E-state index contributed by atoms with van der Waals surface area (Å²) >= 11 is 0. The zero-order valence-electron chi connectivity index (χ0n) is 9.43. The van der Waals surface area contributed by atoms with Crippen molar-refractivity contribution in [2.75, 3.05) is 0 Å². The lowest BCUT2D eigenvalue weighted by Crippen LogP contribution is -2.17. The molecule has 0 atom stereocenters. The van der Waals surface area contributed by atoms with E-state index in [0.29, 0.717) is 5.57 Å². The van der Waals surface area contributed by atoms with E-state index >= 15 is 0 Å². The number of aliphatic hydroxyl groups excluding tert-OH is 1. The molecule has 1 N–H and O–H groups in total. The smallest absolute Gasteiger partial charge is 0.164 e. The Bertz CT molecular complexity index is 229. The Morgan fingerprint density at radius 3 is 1.85 bits per heavy atom. The number of rotatable bonds is 2. The second kappa shape index (κ2) is 3.95. The van der Waals surface area contributed by atoms with Crippen molar-refractivity contribution in [3.63, 3.8) is 0 Å². The van der Waals surface area contributed by atoms with Crippen LogP contribution in [0.15, 0.2) is 11.3 Å². The van der Waals surface area contributed by atoms with Crippen molar-refractivity contribution in [3.8, 4) is 0 Å². The number of carbonyl (C=O) groups excluding carboxylic acids is 1. The number of hydrogen-bond donors (Lipinski definition) is 1. The minimum Gasteiger partial charge on any atom is -0.511 e. The average Bonchev–Trinajstić information content (AvgIpc) is 1.98. The van der Waals surface area contributed by atoms with E-state index < -0.39 is 0 Å². The number of allylic oxidation sites excluding steroid dienone is 2. The summed E-state index contributed by atoms with van der Waals surface area (Å²) in [7, 11) is 0. The lowest BCUT2D eigenvalue weighted by atomic mass is 9.88. The lowest BCUT2D eigenvalue weighted by Gasteiger charge is -2.20. The van der Waals surface area contributed by atoms with Gasteiger partial charge in [-0.15, -0.1) is 0 Å². The predicted octanol–water partition coefficient (Wildman–Crippen LogP) is 3.09. The van der Waals surface area contributed by atoms with Crippen LogP contribution in [-0.4, -0.2) is 10.9 Å². The van der Waals surface area contributed by atoms with E-state index in [-0.39, 0.29) is 22.9 Å². The van der Waals surface area contributed by atoms with Gasteiger partial charge in [0.15, 0.2) is 5.78 Å². The molecule has 2 nitrogen and oxygen atoms in total. The molecule has 13 heavy (non-hydrogen) atoms. The van der Waals surface area contributed by atoms with Gasteiger partial charge in [-0.1, -0.05) is 34.6 Å². The molecular formula is C11H20O2.